The average Bonchev–Trinajstić information content (AvgIpc) is 3.16. The Balaban J connectivity index is 1.73. The van der Waals surface area contributed by atoms with Crippen LogP contribution < -0.4 is 0 Å². The van der Waals surface area contributed by atoms with Crippen molar-refractivity contribution < 1.29 is 19.1 Å². The molecule has 6 heteroatoms. The molecule has 2 unspecified atom stereocenters. The van der Waals surface area contributed by atoms with Crippen LogP contribution in [-0.2, 0) is 9.53 Å². The van der Waals surface area contributed by atoms with E-state index in [2.05, 4.69) is 4.98 Å². The van der Waals surface area contributed by atoms with Gasteiger partial charge in [0.05, 0.1) is 5.52 Å². The molecule has 0 aliphatic heterocycles. The van der Waals surface area contributed by atoms with Gasteiger partial charge in [0.2, 0.25) is 0 Å². The van der Waals surface area contributed by atoms with Gasteiger partial charge in [-0.15, -0.1) is 0 Å². The van der Waals surface area contributed by atoms with Crippen molar-refractivity contribution in [2.24, 2.45) is 0 Å². The number of rotatable bonds is 6. The molecule has 0 bridgehead atoms. The summed E-state index contributed by atoms with van der Waals surface area (Å²) in [6.45, 7) is 1.71. The summed E-state index contributed by atoms with van der Waals surface area (Å²) in [6.07, 6.45) is -0.122. The van der Waals surface area contributed by atoms with Crippen LogP contribution in [0.15, 0.2) is 59.0 Å². The van der Waals surface area contributed by atoms with Gasteiger partial charge in [-0.1, -0.05) is 29.8 Å². The molecule has 148 valence electrons. The molecule has 0 fully saturated rings. The van der Waals surface area contributed by atoms with Crippen LogP contribution in [0.3, 0.4) is 0 Å². The van der Waals surface area contributed by atoms with Crippen molar-refractivity contribution in [3.05, 3.63) is 65.2 Å². The number of benzene rings is 2. The Hall–Kier alpha value is -2.73. The first-order chi connectivity index (χ1) is 13.9. The number of nitrogens with zero attached hydrogens (tertiary/aromatic N) is 1. The number of aliphatic hydroxyl groups excluding tert-OH is 1. The van der Waals surface area contributed by atoms with Gasteiger partial charge >= 0.3 is 0 Å². The highest BCUT2D eigenvalue weighted by molar-refractivity contribution is 6.31. The van der Waals surface area contributed by atoms with E-state index in [1.54, 1.807) is 19.1 Å². The molecule has 2 atom stereocenters. The summed E-state index contributed by atoms with van der Waals surface area (Å²) in [6, 6.07) is 16.7. The number of carbonyl (C=O) groups is 1. The summed E-state index contributed by atoms with van der Waals surface area (Å²) in [5.74, 6) is 0.621. The summed E-state index contributed by atoms with van der Waals surface area (Å²) in [5, 5.41) is 13.2. The van der Waals surface area contributed by atoms with Crippen LogP contribution in [0.4, 0.5) is 0 Å². The molecule has 2 aromatic carbocycles. The Bertz CT molecular complexity index is 1200. The van der Waals surface area contributed by atoms with Gasteiger partial charge in [-0.2, -0.15) is 0 Å². The van der Waals surface area contributed by atoms with Crippen LogP contribution in [0, 0.1) is 0 Å². The van der Waals surface area contributed by atoms with Crippen molar-refractivity contribution in [1.82, 2.24) is 4.98 Å². The number of aromatic nitrogens is 1. The van der Waals surface area contributed by atoms with Crippen molar-refractivity contribution in [2.75, 3.05) is 7.11 Å². The number of carbonyl (C=O) groups excluding carboxylic acids is 1. The van der Waals surface area contributed by atoms with E-state index < -0.39 is 11.7 Å². The molecule has 2 aromatic heterocycles. The van der Waals surface area contributed by atoms with Crippen LogP contribution in [0.25, 0.3) is 33.3 Å². The molecule has 4 rings (SSSR count). The van der Waals surface area contributed by atoms with Crippen molar-refractivity contribution in [3.63, 3.8) is 0 Å². The van der Waals surface area contributed by atoms with Gasteiger partial charge in [-0.25, -0.2) is 4.98 Å². The maximum absolute atomic E-state index is 11.0. The highest BCUT2D eigenvalue weighted by atomic mass is 35.5. The third kappa shape index (κ3) is 3.65. The van der Waals surface area contributed by atoms with Crippen molar-refractivity contribution >= 4 is 39.8 Å². The molecule has 4 aromatic rings. The van der Waals surface area contributed by atoms with Crippen LogP contribution in [0.2, 0.25) is 5.02 Å². The fourth-order valence-electron chi connectivity index (χ4n) is 3.41. The molecule has 0 saturated carbocycles. The van der Waals surface area contributed by atoms with E-state index in [1.165, 1.54) is 7.11 Å². The number of hydrogen-bond acceptors (Lipinski definition) is 5. The standard InChI is InChI=1S/C23H20ClNO4/c1-23(28-2,9-10-26)22(27)15-5-8-20-16(11-15)12-21(29-20)18-7-4-14-3-6-17(24)13-19(14)25-18/h3-8,10-13,22,27H,9H2,1-2H3. The Kier molecular flexibility index (Phi) is 5.13. The number of hydrogen-bond donors (Lipinski definition) is 1. The molecule has 0 amide bonds. The van der Waals surface area contributed by atoms with E-state index in [1.807, 2.05) is 42.5 Å². The van der Waals surface area contributed by atoms with Gasteiger partial charge in [0.1, 0.15) is 29.3 Å². The summed E-state index contributed by atoms with van der Waals surface area (Å²) in [4.78, 5) is 15.6. The zero-order chi connectivity index (χ0) is 20.6. The normalized spacial score (nSPS) is 14.8. The predicted molar refractivity (Wildman–Crippen MR) is 113 cm³/mol. The average molecular weight is 410 g/mol. The zero-order valence-electron chi connectivity index (χ0n) is 16.1. The maximum Gasteiger partial charge on any atom is 0.153 e. The number of aliphatic hydroxyl groups is 1. The first-order valence-electron chi connectivity index (χ1n) is 9.20. The number of pyridine rings is 1. The number of furan rings is 1. The monoisotopic (exact) mass is 409 g/mol. The molecule has 0 saturated heterocycles. The first-order valence-corrected chi connectivity index (χ1v) is 9.58. The molecule has 1 N–H and O–H groups in total. The summed E-state index contributed by atoms with van der Waals surface area (Å²) in [7, 11) is 1.48. The van der Waals surface area contributed by atoms with Crippen LogP contribution >= 0.6 is 11.6 Å². The second kappa shape index (κ2) is 7.59. The van der Waals surface area contributed by atoms with Gasteiger partial charge < -0.3 is 19.1 Å². The van der Waals surface area contributed by atoms with Crippen LogP contribution in [0.1, 0.15) is 25.0 Å². The first kappa shape index (κ1) is 19.6. The topological polar surface area (TPSA) is 72.6 Å². The summed E-state index contributed by atoms with van der Waals surface area (Å²) in [5.41, 5.74) is 1.81. The zero-order valence-corrected chi connectivity index (χ0v) is 16.8. The molecule has 0 spiro atoms. The minimum absolute atomic E-state index is 0.0862. The van der Waals surface area contributed by atoms with E-state index in [-0.39, 0.29) is 6.42 Å². The molecule has 2 heterocycles. The van der Waals surface area contributed by atoms with Crippen molar-refractivity contribution in [1.29, 1.82) is 0 Å². The lowest BCUT2D eigenvalue weighted by Crippen LogP contribution is -2.35. The molecule has 0 radical (unpaired) electrons. The SMILES string of the molecule is COC(C)(CC=O)C(O)c1ccc2oc(-c3ccc4ccc(Cl)cc4n3)cc2c1. The van der Waals surface area contributed by atoms with Crippen LogP contribution in [0.5, 0.6) is 0 Å². The van der Waals surface area contributed by atoms with E-state index in [0.29, 0.717) is 27.6 Å². The number of fused-ring (bicyclic) bond motifs is 2. The predicted octanol–water partition coefficient (Wildman–Crippen LogP) is 5.33. The minimum atomic E-state index is -0.999. The third-order valence-electron chi connectivity index (χ3n) is 5.30. The highest BCUT2D eigenvalue weighted by Crippen LogP contribution is 2.35. The smallest absolute Gasteiger partial charge is 0.153 e. The quantitative estimate of drug-likeness (QED) is 0.436. The molecule has 29 heavy (non-hydrogen) atoms. The van der Waals surface area contributed by atoms with E-state index in [4.69, 9.17) is 20.8 Å². The van der Waals surface area contributed by atoms with E-state index >= 15 is 0 Å². The number of aldehydes is 1. The second-order valence-electron chi connectivity index (χ2n) is 7.23. The maximum atomic E-state index is 11.0. The fourth-order valence-corrected chi connectivity index (χ4v) is 3.58. The lowest BCUT2D eigenvalue weighted by Gasteiger charge is -2.31. The van der Waals surface area contributed by atoms with Gasteiger partial charge in [-0.05, 0) is 48.9 Å². The Morgan fingerprint density at radius 1 is 1.17 bits per heavy atom. The number of halogens is 1. The minimum Gasteiger partial charge on any atom is -0.454 e. The second-order valence-corrected chi connectivity index (χ2v) is 7.67. The number of ether oxygens (including phenoxy) is 1. The van der Waals surface area contributed by atoms with Crippen molar-refractivity contribution in [3.8, 4) is 11.5 Å². The summed E-state index contributed by atoms with van der Waals surface area (Å²) < 4.78 is 11.4. The third-order valence-corrected chi connectivity index (χ3v) is 5.53. The molecular formula is C23H20ClNO4. The fraction of sp³-hybridized carbons (Fsp3) is 0.217. The highest BCUT2D eigenvalue weighted by Gasteiger charge is 2.34. The lowest BCUT2D eigenvalue weighted by molar-refractivity contribution is -0.125. The molecule has 0 aliphatic rings. The number of methoxy groups -OCH3 is 1. The van der Waals surface area contributed by atoms with Gasteiger partial charge in [-0.3, -0.25) is 0 Å². The van der Waals surface area contributed by atoms with Crippen LogP contribution in [-0.4, -0.2) is 29.1 Å². The van der Waals surface area contributed by atoms with Gasteiger partial charge in [0, 0.05) is 29.3 Å². The Labute approximate surface area is 172 Å². The lowest BCUT2D eigenvalue weighted by atomic mass is 9.89. The van der Waals surface area contributed by atoms with Crippen molar-refractivity contribution in [2.45, 2.75) is 25.0 Å². The Morgan fingerprint density at radius 2 is 1.97 bits per heavy atom. The largest absolute Gasteiger partial charge is 0.454 e. The van der Waals surface area contributed by atoms with Gasteiger partial charge in [0.15, 0.2) is 5.76 Å². The van der Waals surface area contributed by atoms with E-state index in [0.717, 1.165) is 22.6 Å². The molecule has 0 aliphatic carbocycles. The van der Waals surface area contributed by atoms with Gasteiger partial charge in [0.25, 0.3) is 0 Å². The Morgan fingerprint density at radius 3 is 2.72 bits per heavy atom. The van der Waals surface area contributed by atoms with E-state index in [9.17, 15) is 9.90 Å². The molecule has 5 nitrogen and oxygen atoms in total. The summed E-state index contributed by atoms with van der Waals surface area (Å²) >= 11 is 6.08. The molecular weight excluding hydrogens is 390 g/mol.